The van der Waals surface area contributed by atoms with E-state index in [-0.39, 0.29) is 5.41 Å². The molecule has 0 radical (unpaired) electrons. The highest BCUT2D eigenvalue weighted by Gasteiger charge is 2.61. The Hall–Kier alpha value is -2.86. The van der Waals surface area contributed by atoms with Crippen molar-refractivity contribution in [1.29, 1.82) is 0 Å². The van der Waals surface area contributed by atoms with Gasteiger partial charge < -0.3 is 0 Å². The van der Waals surface area contributed by atoms with Crippen LogP contribution in [0.15, 0.2) is 72.8 Å². The fourth-order valence-corrected chi connectivity index (χ4v) is 8.41. The second-order valence-electron chi connectivity index (χ2n) is 10.8. The molecule has 0 unspecified atom stereocenters. The second-order valence-corrected chi connectivity index (χ2v) is 10.8. The quantitative estimate of drug-likeness (QED) is 0.393. The molecular weight excluding hydrogens is 384 g/mol. The molecule has 4 bridgehead atoms. The summed E-state index contributed by atoms with van der Waals surface area (Å²) in [6.45, 7) is 8.91. The van der Waals surface area contributed by atoms with Crippen molar-refractivity contribution in [1.82, 2.24) is 0 Å². The molecule has 0 N–H and O–H groups in total. The van der Waals surface area contributed by atoms with Crippen LogP contribution in [0.1, 0.15) is 43.2 Å². The van der Waals surface area contributed by atoms with E-state index in [1.165, 1.54) is 59.6 Å². The van der Waals surface area contributed by atoms with Gasteiger partial charge in [0.2, 0.25) is 0 Å². The highest BCUT2D eigenvalue weighted by atomic mass is 14.6. The highest BCUT2D eigenvalue weighted by molar-refractivity contribution is 6.02. The molecule has 3 aromatic rings. The largest absolute Gasteiger partial charge is 0.0918 e. The predicted octanol–water partition coefficient (Wildman–Crippen LogP) is 6.51. The van der Waals surface area contributed by atoms with Crippen molar-refractivity contribution in [2.75, 3.05) is 0 Å². The summed E-state index contributed by atoms with van der Waals surface area (Å²) in [5.74, 6) is 3.39. The zero-order valence-electron chi connectivity index (χ0n) is 18.7. The van der Waals surface area contributed by atoms with Gasteiger partial charge in [-0.2, -0.15) is 0 Å². The Bertz CT molecular complexity index is 1400. The molecular formula is C32H30. The van der Waals surface area contributed by atoms with Crippen molar-refractivity contribution >= 4 is 23.9 Å². The van der Waals surface area contributed by atoms with Crippen LogP contribution in [0.2, 0.25) is 0 Å². The smallest absolute Gasteiger partial charge is 0.0272 e. The molecule has 0 saturated heterocycles. The molecule has 8 rings (SSSR count). The predicted molar refractivity (Wildman–Crippen MR) is 135 cm³/mol. The van der Waals surface area contributed by atoms with E-state index in [0.29, 0.717) is 0 Å². The maximum Gasteiger partial charge on any atom is 0.0272 e. The maximum absolute atomic E-state index is 4.62. The van der Waals surface area contributed by atoms with E-state index in [1.54, 1.807) is 5.56 Å². The van der Waals surface area contributed by atoms with E-state index in [1.807, 2.05) is 0 Å². The monoisotopic (exact) mass is 414 g/mol. The molecule has 5 aliphatic carbocycles. The molecule has 158 valence electrons. The Morgan fingerprint density at radius 2 is 1.22 bits per heavy atom. The van der Waals surface area contributed by atoms with E-state index < -0.39 is 0 Å². The van der Waals surface area contributed by atoms with Gasteiger partial charge in [0, 0.05) is 5.41 Å². The fraction of sp³-hybridized carbons (Fsp3) is 0.312. The summed E-state index contributed by atoms with van der Waals surface area (Å²) in [5, 5.41) is 4.93. The van der Waals surface area contributed by atoms with Crippen molar-refractivity contribution in [3.05, 3.63) is 94.4 Å². The van der Waals surface area contributed by atoms with Crippen LogP contribution in [0.25, 0.3) is 35.1 Å². The molecule has 0 heteroatoms. The molecule has 32 heavy (non-hydrogen) atoms. The van der Waals surface area contributed by atoms with E-state index >= 15 is 0 Å². The molecule has 0 aliphatic heterocycles. The standard InChI is InChI=1S/C32H30/c1-20-7-3-4-8-21(2)30-28(13-11-20)32(25-16-22-15-23(18-25)19-26(32)17-22)29-14-12-24-9-5-6-10-27(24)31(29)30/h3-14,22-23,25-26H,1-2,15-19H2. The third-order valence-corrected chi connectivity index (χ3v) is 9.27. The Kier molecular flexibility index (Phi) is 3.84. The molecule has 0 aromatic heterocycles. The van der Waals surface area contributed by atoms with E-state index in [9.17, 15) is 0 Å². The lowest BCUT2D eigenvalue weighted by molar-refractivity contribution is -0.0399. The number of rotatable bonds is 0. The minimum absolute atomic E-state index is 0.137. The maximum atomic E-state index is 4.62. The topological polar surface area (TPSA) is 0 Å². The minimum atomic E-state index is 0.137. The SMILES string of the molecule is C=c1ccccc(=C)c2c(cc1)C1(c3ccc4ccccc4c3-2)C2CC3CC(C2)CC1C3. The Morgan fingerprint density at radius 1 is 0.594 bits per heavy atom. The Labute approximate surface area is 190 Å². The number of benzene rings is 2. The van der Waals surface area contributed by atoms with Crippen LogP contribution in [0, 0.1) is 23.7 Å². The van der Waals surface area contributed by atoms with Gasteiger partial charge in [0.05, 0.1) is 0 Å². The van der Waals surface area contributed by atoms with Gasteiger partial charge in [0.1, 0.15) is 0 Å². The fourth-order valence-electron chi connectivity index (χ4n) is 8.41. The van der Waals surface area contributed by atoms with Crippen molar-refractivity contribution < 1.29 is 0 Å². The third kappa shape index (κ3) is 2.33. The summed E-state index contributed by atoms with van der Waals surface area (Å²) < 4.78 is 0. The molecule has 5 aliphatic rings. The first-order valence-corrected chi connectivity index (χ1v) is 12.3. The lowest BCUT2D eigenvalue weighted by Crippen LogP contribution is -2.55. The summed E-state index contributed by atoms with van der Waals surface area (Å²) in [5.41, 5.74) is 6.11. The molecule has 4 saturated carbocycles. The summed E-state index contributed by atoms with van der Waals surface area (Å²) >= 11 is 0. The van der Waals surface area contributed by atoms with Crippen LogP contribution < -0.4 is 10.4 Å². The number of hydrogen-bond donors (Lipinski definition) is 0. The lowest BCUT2D eigenvalue weighted by Gasteiger charge is -2.61. The van der Waals surface area contributed by atoms with Crippen LogP contribution in [0.4, 0.5) is 0 Å². The first kappa shape index (κ1) is 18.7. The summed E-state index contributed by atoms with van der Waals surface area (Å²) in [6.07, 6.45) is 7.06. The Balaban J connectivity index is 1.68. The summed E-state index contributed by atoms with van der Waals surface area (Å²) in [6, 6.07) is 27.0. The van der Waals surface area contributed by atoms with Gasteiger partial charge in [0.25, 0.3) is 0 Å². The van der Waals surface area contributed by atoms with Crippen molar-refractivity contribution in [3.63, 3.8) is 0 Å². The van der Waals surface area contributed by atoms with Gasteiger partial charge in [0.15, 0.2) is 0 Å². The highest BCUT2D eigenvalue weighted by Crippen LogP contribution is 2.69. The molecule has 0 heterocycles. The minimum Gasteiger partial charge on any atom is -0.0918 e. The summed E-state index contributed by atoms with van der Waals surface area (Å²) in [4.78, 5) is 0. The lowest BCUT2D eigenvalue weighted by atomic mass is 9.43. The van der Waals surface area contributed by atoms with Crippen LogP contribution >= 0.6 is 0 Å². The van der Waals surface area contributed by atoms with Gasteiger partial charge >= 0.3 is 0 Å². The first-order valence-electron chi connectivity index (χ1n) is 12.3. The average molecular weight is 415 g/mol. The third-order valence-electron chi connectivity index (χ3n) is 9.27. The average Bonchev–Trinajstić information content (AvgIpc) is 3.09. The molecule has 0 nitrogen and oxygen atoms in total. The summed E-state index contributed by atoms with van der Waals surface area (Å²) in [7, 11) is 0. The second kappa shape index (κ2) is 6.58. The van der Waals surface area contributed by atoms with Crippen molar-refractivity contribution in [3.8, 4) is 11.1 Å². The molecule has 0 atom stereocenters. The normalized spacial score (nSPS) is 30.9. The van der Waals surface area contributed by atoms with Gasteiger partial charge in [-0.1, -0.05) is 86.0 Å². The van der Waals surface area contributed by atoms with Crippen molar-refractivity contribution in [2.45, 2.75) is 37.5 Å². The van der Waals surface area contributed by atoms with Crippen LogP contribution in [0.5, 0.6) is 0 Å². The molecule has 4 fully saturated rings. The van der Waals surface area contributed by atoms with Crippen LogP contribution in [-0.2, 0) is 5.41 Å². The van der Waals surface area contributed by atoms with E-state index in [2.05, 4.69) is 86.0 Å². The van der Waals surface area contributed by atoms with Gasteiger partial charge in [-0.05, 0) is 99.2 Å². The molecule has 3 aromatic carbocycles. The zero-order valence-corrected chi connectivity index (χ0v) is 18.7. The number of hydrogen-bond acceptors (Lipinski definition) is 0. The van der Waals surface area contributed by atoms with Crippen molar-refractivity contribution in [2.24, 2.45) is 23.7 Å². The van der Waals surface area contributed by atoms with Gasteiger partial charge in [-0.3, -0.25) is 0 Å². The molecule has 1 spiro atoms. The van der Waals surface area contributed by atoms with E-state index in [0.717, 1.165) is 34.1 Å². The number of fused-ring (bicyclic) bond motifs is 5. The molecule has 0 amide bonds. The van der Waals surface area contributed by atoms with Crippen LogP contribution in [0.3, 0.4) is 0 Å². The Morgan fingerprint density at radius 3 is 2.00 bits per heavy atom. The van der Waals surface area contributed by atoms with Crippen LogP contribution in [-0.4, -0.2) is 0 Å². The first-order chi connectivity index (χ1) is 15.7. The van der Waals surface area contributed by atoms with Gasteiger partial charge in [-0.15, -0.1) is 0 Å². The zero-order chi connectivity index (χ0) is 21.4. The van der Waals surface area contributed by atoms with Gasteiger partial charge in [-0.25, -0.2) is 0 Å². The van der Waals surface area contributed by atoms with E-state index in [4.69, 9.17) is 0 Å².